The van der Waals surface area contributed by atoms with Crippen LogP contribution in [0.1, 0.15) is 132 Å². The van der Waals surface area contributed by atoms with Crippen LogP contribution in [0.25, 0.3) is 0 Å². The van der Waals surface area contributed by atoms with Crippen LogP contribution in [0.5, 0.6) is 0 Å². The molecule has 0 fully saturated rings. The van der Waals surface area contributed by atoms with Gasteiger partial charge in [-0.15, -0.1) is 0 Å². The van der Waals surface area contributed by atoms with Crippen LogP contribution in [-0.2, 0) is 13.1 Å². The standard InChI is InChI=1S/C34H51N4/c1-13-37-25(11)26(12)38(14-2)34(37)33(35-31-27(21(3)4)17-15-18-28(31)22(5)6)36-32-29(23(7)8)19-16-20-30(32)24(9)10/h15-24H,13-14H2,1-12H3,(H,35,36)/q+1. The Labute approximate surface area is 232 Å². The molecule has 0 saturated heterocycles. The van der Waals surface area contributed by atoms with Crippen LogP contribution in [0.15, 0.2) is 41.4 Å². The molecular weight excluding hydrogens is 464 g/mol. The number of imidazole rings is 1. The zero-order valence-electron chi connectivity index (χ0n) is 26.0. The number of benzene rings is 2. The maximum absolute atomic E-state index is 5.60. The highest BCUT2D eigenvalue weighted by Gasteiger charge is 2.30. The number of nitrogens with zero attached hydrogens (tertiary/aromatic N) is 3. The second-order valence-corrected chi connectivity index (χ2v) is 11.8. The van der Waals surface area contributed by atoms with Gasteiger partial charge in [0.2, 0.25) is 5.84 Å². The normalized spacial score (nSPS) is 12.5. The van der Waals surface area contributed by atoms with Crippen LogP contribution in [0, 0.1) is 13.8 Å². The van der Waals surface area contributed by atoms with E-state index in [9.17, 15) is 0 Å². The van der Waals surface area contributed by atoms with Crippen molar-refractivity contribution >= 4 is 17.2 Å². The number of aliphatic imine (C=N–C) groups is 1. The van der Waals surface area contributed by atoms with Crippen LogP contribution in [0.2, 0.25) is 0 Å². The summed E-state index contributed by atoms with van der Waals surface area (Å²) in [5.41, 5.74) is 10.1. The fourth-order valence-corrected chi connectivity index (χ4v) is 5.58. The van der Waals surface area contributed by atoms with Crippen molar-refractivity contribution < 1.29 is 4.57 Å². The van der Waals surface area contributed by atoms with Gasteiger partial charge < -0.3 is 5.32 Å². The molecular formula is C34H51N4+. The van der Waals surface area contributed by atoms with Gasteiger partial charge in [0.15, 0.2) is 0 Å². The van der Waals surface area contributed by atoms with E-state index in [4.69, 9.17) is 4.99 Å². The molecule has 2 aromatic carbocycles. The van der Waals surface area contributed by atoms with E-state index in [0.717, 1.165) is 30.4 Å². The van der Waals surface area contributed by atoms with Gasteiger partial charge in [0, 0.05) is 19.5 Å². The quantitative estimate of drug-likeness (QED) is 0.172. The summed E-state index contributed by atoms with van der Waals surface area (Å²) in [7, 11) is 0. The lowest BCUT2D eigenvalue weighted by molar-refractivity contribution is -0.700. The highest BCUT2D eigenvalue weighted by Crippen LogP contribution is 2.37. The van der Waals surface area contributed by atoms with E-state index in [1.54, 1.807) is 0 Å². The van der Waals surface area contributed by atoms with E-state index in [0.29, 0.717) is 23.7 Å². The summed E-state index contributed by atoms with van der Waals surface area (Å²) in [6.07, 6.45) is 0. The van der Waals surface area contributed by atoms with Gasteiger partial charge in [0.1, 0.15) is 11.4 Å². The van der Waals surface area contributed by atoms with Crippen molar-refractivity contribution in [3.8, 4) is 0 Å². The molecule has 0 bridgehead atoms. The predicted octanol–water partition coefficient (Wildman–Crippen LogP) is 9.12. The molecule has 4 nitrogen and oxygen atoms in total. The molecule has 0 aliphatic rings. The van der Waals surface area contributed by atoms with E-state index in [1.165, 1.54) is 39.3 Å². The lowest BCUT2D eigenvalue weighted by Gasteiger charge is -2.22. The SMILES string of the molecule is CCn1c(C)c(C)[n+](CC)c1C(=Nc1c(C(C)C)cccc1C(C)C)Nc1c(C(C)C)cccc1C(C)C. The first-order valence-corrected chi connectivity index (χ1v) is 14.6. The number of rotatable bonds is 9. The summed E-state index contributed by atoms with van der Waals surface area (Å²) in [5, 5.41) is 3.97. The Balaban J connectivity index is 2.47. The minimum atomic E-state index is 0.377. The fourth-order valence-electron chi connectivity index (χ4n) is 5.58. The molecule has 4 heteroatoms. The Morgan fingerprint density at radius 3 is 1.61 bits per heavy atom. The minimum absolute atomic E-state index is 0.377. The summed E-state index contributed by atoms with van der Waals surface area (Å²) in [4.78, 5) is 5.60. The minimum Gasteiger partial charge on any atom is -0.333 e. The van der Waals surface area contributed by atoms with Gasteiger partial charge in [-0.25, -0.2) is 14.1 Å². The zero-order valence-corrected chi connectivity index (χ0v) is 26.0. The first-order valence-electron chi connectivity index (χ1n) is 14.6. The molecule has 1 N–H and O–H groups in total. The molecule has 206 valence electrons. The van der Waals surface area contributed by atoms with Crippen molar-refractivity contribution in [1.29, 1.82) is 0 Å². The van der Waals surface area contributed by atoms with Crippen molar-refractivity contribution in [1.82, 2.24) is 4.57 Å². The first-order chi connectivity index (χ1) is 17.9. The molecule has 0 spiro atoms. The Morgan fingerprint density at radius 2 is 1.21 bits per heavy atom. The lowest BCUT2D eigenvalue weighted by Crippen LogP contribution is -2.43. The molecule has 0 radical (unpaired) electrons. The van der Waals surface area contributed by atoms with Crippen LogP contribution in [-0.4, -0.2) is 10.4 Å². The van der Waals surface area contributed by atoms with E-state index in [-0.39, 0.29) is 0 Å². The number of para-hydroxylation sites is 2. The first kappa shape index (κ1) is 29.7. The van der Waals surface area contributed by atoms with Crippen molar-refractivity contribution in [2.24, 2.45) is 4.99 Å². The van der Waals surface area contributed by atoms with E-state index in [1.807, 2.05) is 0 Å². The third-order valence-corrected chi connectivity index (χ3v) is 7.87. The van der Waals surface area contributed by atoms with Gasteiger partial charge in [-0.3, -0.25) is 0 Å². The number of hydrogen-bond acceptors (Lipinski definition) is 1. The smallest absolute Gasteiger partial charge is 0.325 e. The lowest BCUT2D eigenvalue weighted by atomic mass is 9.92. The maximum Gasteiger partial charge on any atom is 0.325 e. The van der Waals surface area contributed by atoms with Crippen molar-refractivity contribution in [2.45, 2.75) is 120 Å². The molecule has 0 saturated carbocycles. The number of anilines is 1. The second kappa shape index (κ2) is 12.3. The molecule has 0 unspecified atom stereocenters. The van der Waals surface area contributed by atoms with Crippen LogP contribution < -0.4 is 9.88 Å². The van der Waals surface area contributed by atoms with Gasteiger partial charge in [-0.2, -0.15) is 0 Å². The highest BCUT2D eigenvalue weighted by atomic mass is 15.2. The third-order valence-electron chi connectivity index (χ3n) is 7.87. The van der Waals surface area contributed by atoms with Crippen molar-refractivity contribution in [3.05, 3.63) is 75.9 Å². The summed E-state index contributed by atoms with van der Waals surface area (Å²) >= 11 is 0. The number of hydrogen-bond donors (Lipinski definition) is 1. The maximum atomic E-state index is 5.60. The van der Waals surface area contributed by atoms with Gasteiger partial charge in [0.25, 0.3) is 0 Å². The molecule has 0 amide bonds. The Bertz CT molecular complexity index is 1210. The summed E-state index contributed by atoms with van der Waals surface area (Å²) in [5.74, 6) is 3.62. The Hall–Kier alpha value is -2.88. The van der Waals surface area contributed by atoms with Crippen molar-refractivity contribution in [2.75, 3.05) is 5.32 Å². The van der Waals surface area contributed by atoms with E-state index in [2.05, 4.69) is 134 Å². The summed E-state index contributed by atoms with van der Waals surface area (Å²) in [6, 6.07) is 13.4. The molecule has 38 heavy (non-hydrogen) atoms. The zero-order chi connectivity index (χ0) is 28.3. The number of amidine groups is 1. The molecule has 3 rings (SSSR count). The largest absolute Gasteiger partial charge is 0.333 e. The van der Waals surface area contributed by atoms with Gasteiger partial charge in [-0.05, 0) is 59.8 Å². The number of aromatic nitrogens is 2. The van der Waals surface area contributed by atoms with Crippen LogP contribution in [0.4, 0.5) is 11.4 Å². The second-order valence-electron chi connectivity index (χ2n) is 11.8. The molecule has 0 aliphatic carbocycles. The van der Waals surface area contributed by atoms with Crippen LogP contribution >= 0.6 is 0 Å². The molecule has 3 aromatic rings. The third kappa shape index (κ3) is 5.75. The Kier molecular flexibility index (Phi) is 9.62. The monoisotopic (exact) mass is 515 g/mol. The van der Waals surface area contributed by atoms with E-state index < -0.39 is 0 Å². The van der Waals surface area contributed by atoms with Crippen molar-refractivity contribution in [3.63, 3.8) is 0 Å². The number of nitrogens with one attached hydrogen (secondary N) is 1. The average molecular weight is 516 g/mol. The Morgan fingerprint density at radius 1 is 0.763 bits per heavy atom. The summed E-state index contributed by atoms with van der Waals surface area (Å²) in [6.45, 7) is 28.9. The van der Waals surface area contributed by atoms with Gasteiger partial charge in [-0.1, -0.05) is 91.8 Å². The highest BCUT2D eigenvalue weighted by molar-refractivity contribution is 6.07. The molecule has 0 atom stereocenters. The topological polar surface area (TPSA) is 33.2 Å². The molecule has 1 heterocycles. The van der Waals surface area contributed by atoms with Gasteiger partial charge in [0.05, 0.1) is 18.8 Å². The van der Waals surface area contributed by atoms with E-state index >= 15 is 0 Å². The average Bonchev–Trinajstić information content (AvgIpc) is 3.11. The predicted molar refractivity (Wildman–Crippen MR) is 165 cm³/mol. The van der Waals surface area contributed by atoms with Crippen LogP contribution in [0.3, 0.4) is 0 Å². The molecule has 0 aliphatic heterocycles. The summed E-state index contributed by atoms with van der Waals surface area (Å²) < 4.78 is 4.84. The van der Waals surface area contributed by atoms with Gasteiger partial charge >= 0.3 is 5.82 Å². The molecule has 1 aromatic heterocycles. The fraction of sp³-hybridized carbons (Fsp3) is 0.529.